The number of nitrogens with one attached hydrogen (secondary N) is 1. The highest BCUT2D eigenvalue weighted by molar-refractivity contribution is 6.30. The molecule has 0 atom stereocenters. The lowest BCUT2D eigenvalue weighted by atomic mass is 10.1. The Balaban J connectivity index is 1.72. The molecular formula is C20H22ClNO3. The first-order valence-corrected chi connectivity index (χ1v) is 8.45. The molecule has 0 aliphatic carbocycles. The van der Waals surface area contributed by atoms with Crippen molar-refractivity contribution in [2.75, 3.05) is 25.6 Å². The lowest BCUT2D eigenvalue weighted by molar-refractivity contribution is -0.135. The van der Waals surface area contributed by atoms with E-state index in [1.165, 1.54) is 7.11 Å². The number of benzene rings is 2. The van der Waals surface area contributed by atoms with Crippen molar-refractivity contribution in [1.82, 2.24) is 0 Å². The summed E-state index contributed by atoms with van der Waals surface area (Å²) in [5.74, 6) is 0.480. The fourth-order valence-corrected chi connectivity index (χ4v) is 2.32. The fraction of sp³-hybridized carbons (Fsp3) is 0.250. The Hall–Kier alpha value is -2.46. The monoisotopic (exact) mass is 359 g/mol. The second kappa shape index (κ2) is 9.74. The average molecular weight is 360 g/mol. The molecule has 2 aromatic rings. The molecule has 0 aromatic heterocycles. The predicted molar refractivity (Wildman–Crippen MR) is 102 cm³/mol. The number of anilines is 1. The smallest absolute Gasteiger partial charge is 0.333 e. The van der Waals surface area contributed by atoms with Gasteiger partial charge in [-0.05, 0) is 61.4 Å². The topological polar surface area (TPSA) is 47.6 Å². The molecule has 0 amide bonds. The average Bonchev–Trinajstić information content (AvgIpc) is 2.63. The normalized spacial score (nSPS) is 11.1. The number of hydrogen-bond acceptors (Lipinski definition) is 4. The molecule has 0 bridgehead atoms. The van der Waals surface area contributed by atoms with E-state index in [9.17, 15) is 4.79 Å². The molecule has 0 aliphatic heterocycles. The van der Waals surface area contributed by atoms with Gasteiger partial charge < -0.3 is 14.8 Å². The minimum atomic E-state index is -0.325. The zero-order chi connectivity index (χ0) is 18.1. The van der Waals surface area contributed by atoms with Crippen molar-refractivity contribution >= 4 is 29.3 Å². The highest BCUT2D eigenvalue weighted by atomic mass is 35.5. The summed E-state index contributed by atoms with van der Waals surface area (Å²) in [7, 11) is 1.37. The van der Waals surface area contributed by atoms with Crippen LogP contribution in [0.1, 0.15) is 18.9 Å². The highest BCUT2D eigenvalue weighted by Gasteiger charge is 2.03. The van der Waals surface area contributed by atoms with Crippen molar-refractivity contribution in [2.45, 2.75) is 13.3 Å². The van der Waals surface area contributed by atoms with E-state index in [0.29, 0.717) is 12.2 Å². The van der Waals surface area contributed by atoms with Crippen molar-refractivity contribution in [1.29, 1.82) is 0 Å². The van der Waals surface area contributed by atoms with Crippen molar-refractivity contribution in [3.8, 4) is 5.75 Å². The molecule has 0 saturated carbocycles. The largest absolute Gasteiger partial charge is 0.494 e. The molecule has 2 aromatic carbocycles. The second-order valence-corrected chi connectivity index (χ2v) is 5.96. The van der Waals surface area contributed by atoms with E-state index in [-0.39, 0.29) is 5.97 Å². The van der Waals surface area contributed by atoms with E-state index in [1.807, 2.05) is 48.5 Å². The molecule has 0 spiro atoms. The molecule has 25 heavy (non-hydrogen) atoms. The fourth-order valence-electron chi connectivity index (χ4n) is 2.19. The van der Waals surface area contributed by atoms with E-state index < -0.39 is 0 Å². The van der Waals surface area contributed by atoms with Crippen LogP contribution in [0, 0.1) is 0 Å². The molecule has 0 heterocycles. The number of halogens is 1. The summed E-state index contributed by atoms with van der Waals surface area (Å²) in [6, 6.07) is 15.2. The van der Waals surface area contributed by atoms with Gasteiger partial charge in [0.15, 0.2) is 0 Å². The Morgan fingerprint density at radius 2 is 1.80 bits per heavy atom. The lowest BCUT2D eigenvalue weighted by Crippen LogP contribution is -2.07. The van der Waals surface area contributed by atoms with Gasteiger partial charge in [-0.1, -0.05) is 23.7 Å². The van der Waals surface area contributed by atoms with E-state index in [1.54, 1.807) is 13.0 Å². The van der Waals surface area contributed by atoms with Crippen molar-refractivity contribution in [2.24, 2.45) is 0 Å². The van der Waals surface area contributed by atoms with E-state index >= 15 is 0 Å². The first kappa shape index (κ1) is 18.9. The van der Waals surface area contributed by atoms with Gasteiger partial charge in [-0.2, -0.15) is 0 Å². The number of hydrogen-bond donors (Lipinski definition) is 1. The molecule has 2 rings (SSSR count). The van der Waals surface area contributed by atoms with E-state index in [4.69, 9.17) is 16.3 Å². The first-order valence-electron chi connectivity index (χ1n) is 8.07. The van der Waals surface area contributed by atoms with Crippen molar-refractivity contribution in [3.63, 3.8) is 0 Å². The Bertz CT molecular complexity index is 709. The molecule has 0 unspecified atom stereocenters. The van der Waals surface area contributed by atoms with Gasteiger partial charge in [0.05, 0.1) is 13.7 Å². The van der Waals surface area contributed by atoms with E-state index in [2.05, 4.69) is 10.1 Å². The predicted octanol–water partition coefficient (Wildman–Crippen LogP) is 4.80. The van der Waals surface area contributed by atoms with Gasteiger partial charge >= 0.3 is 5.97 Å². The van der Waals surface area contributed by atoms with Crippen LogP contribution in [0.25, 0.3) is 6.08 Å². The van der Waals surface area contributed by atoms with E-state index in [0.717, 1.165) is 35.0 Å². The van der Waals surface area contributed by atoms with Crippen LogP contribution in [0.5, 0.6) is 5.75 Å². The molecule has 132 valence electrons. The standard InChI is InChI=1S/C20H22ClNO3/c1-15(20(23)24-2)14-16-4-10-19(11-5-16)25-13-3-12-22-18-8-6-17(21)7-9-18/h4-11,14,22H,3,12-13H2,1-2H3. The van der Waals surface area contributed by atoms with Gasteiger partial charge in [-0.25, -0.2) is 4.79 Å². The quantitative estimate of drug-likeness (QED) is 0.418. The summed E-state index contributed by atoms with van der Waals surface area (Å²) in [4.78, 5) is 11.4. The zero-order valence-electron chi connectivity index (χ0n) is 14.4. The first-order chi connectivity index (χ1) is 12.1. The molecule has 1 N–H and O–H groups in total. The third kappa shape index (κ3) is 6.51. The molecular weight excluding hydrogens is 338 g/mol. The number of carbonyl (C=O) groups excluding carboxylic acids is 1. The Kier molecular flexibility index (Phi) is 7.36. The summed E-state index contributed by atoms with van der Waals surface area (Å²) >= 11 is 5.85. The Labute approximate surface area is 153 Å². The van der Waals surface area contributed by atoms with Gasteiger partial charge in [0, 0.05) is 22.8 Å². The second-order valence-electron chi connectivity index (χ2n) is 5.52. The van der Waals surface area contributed by atoms with Crippen molar-refractivity contribution < 1.29 is 14.3 Å². The van der Waals surface area contributed by atoms with Crippen LogP contribution in [0.3, 0.4) is 0 Å². The van der Waals surface area contributed by atoms with Gasteiger partial charge in [0.25, 0.3) is 0 Å². The maximum atomic E-state index is 11.4. The molecule has 4 nitrogen and oxygen atoms in total. The lowest BCUT2D eigenvalue weighted by Gasteiger charge is -2.08. The number of methoxy groups -OCH3 is 1. The molecule has 0 aliphatic rings. The Morgan fingerprint density at radius 1 is 1.12 bits per heavy atom. The number of carbonyl (C=O) groups is 1. The Morgan fingerprint density at radius 3 is 2.44 bits per heavy atom. The maximum absolute atomic E-state index is 11.4. The van der Waals surface area contributed by atoms with Crippen LogP contribution in [0.4, 0.5) is 5.69 Å². The third-order valence-corrected chi connectivity index (χ3v) is 3.79. The van der Waals surface area contributed by atoms with Gasteiger partial charge in [-0.3, -0.25) is 0 Å². The third-order valence-electron chi connectivity index (χ3n) is 3.53. The van der Waals surface area contributed by atoms with Gasteiger partial charge in [0.2, 0.25) is 0 Å². The van der Waals surface area contributed by atoms with Crippen LogP contribution in [0.2, 0.25) is 5.02 Å². The van der Waals surface area contributed by atoms with Crippen LogP contribution in [0.15, 0.2) is 54.1 Å². The van der Waals surface area contributed by atoms with Gasteiger partial charge in [0.1, 0.15) is 5.75 Å². The minimum Gasteiger partial charge on any atom is -0.494 e. The number of ether oxygens (including phenoxy) is 2. The molecule has 0 radical (unpaired) electrons. The summed E-state index contributed by atoms with van der Waals surface area (Å²) in [6.45, 7) is 3.17. The zero-order valence-corrected chi connectivity index (χ0v) is 15.2. The summed E-state index contributed by atoms with van der Waals surface area (Å²) < 4.78 is 10.4. The van der Waals surface area contributed by atoms with Crippen LogP contribution in [-0.4, -0.2) is 26.2 Å². The highest BCUT2D eigenvalue weighted by Crippen LogP contribution is 2.16. The number of esters is 1. The van der Waals surface area contributed by atoms with Crippen LogP contribution < -0.4 is 10.1 Å². The van der Waals surface area contributed by atoms with Crippen LogP contribution >= 0.6 is 11.6 Å². The molecule has 5 heteroatoms. The molecule has 0 saturated heterocycles. The minimum absolute atomic E-state index is 0.325. The summed E-state index contributed by atoms with van der Waals surface area (Å²) in [6.07, 6.45) is 2.66. The molecule has 0 fully saturated rings. The number of rotatable bonds is 8. The summed E-state index contributed by atoms with van der Waals surface area (Å²) in [5, 5.41) is 4.05. The van der Waals surface area contributed by atoms with Gasteiger partial charge in [-0.15, -0.1) is 0 Å². The SMILES string of the molecule is COC(=O)C(C)=Cc1ccc(OCCCNc2ccc(Cl)cc2)cc1. The summed E-state index contributed by atoms with van der Waals surface area (Å²) in [5.41, 5.74) is 2.53. The van der Waals surface area contributed by atoms with Crippen LogP contribution in [-0.2, 0) is 9.53 Å². The maximum Gasteiger partial charge on any atom is 0.333 e. The van der Waals surface area contributed by atoms with Crippen molar-refractivity contribution in [3.05, 3.63) is 64.7 Å².